The van der Waals surface area contributed by atoms with Crippen LogP contribution >= 0.6 is 0 Å². The van der Waals surface area contributed by atoms with Gasteiger partial charge in [0.2, 0.25) is 5.91 Å². The molecule has 2 aromatic carbocycles. The second-order valence-electron chi connectivity index (χ2n) is 5.09. The number of nitrogens with two attached hydrogens (primary N) is 1. The fourth-order valence-corrected chi connectivity index (χ4v) is 2.29. The van der Waals surface area contributed by atoms with Crippen LogP contribution in [0.15, 0.2) is 42.5 Å². The van der Waals surface area contributed by atoms with Gasteiger partial charge in [-0.05, 0) is 54.8 Å². The molecule has 1 atom stereocenters. The maximum atomic E-state index is 11.2. The Balaban J connectivity index is 2.22. The summed E-state index contributed by atoms with van der Waals surface area (Å²) in [7, 11) is 0. The van der Waals surface area contributed by atoms with E-state index in [0.717, 1.165) is 23.2 Å². The zero-order chi connectivity index (χ0) is 15.4. The topological polar surface area (TPSA) is 75.3 Å². The van der Waals surface area contributed by atoms with Crippen LogP contribution < -0.4 is 11.1 Å². The number of phenolic OH excluding ortho intramolecular Hbond substituents is 1. The van der Waals surface area contributed by atoms with Crippen LogP contribution in [0.1, 0.15) is 40.9 Å². The van der Waals surface area contributed by atoms with Crippen LogP contribution in [-0.4, -0.2) is 11.0 Å². The van der Waals surface area contributed by atoms with Gasteiger partial charge in [0.05, 0.1) is 6.04 Å². The van der Waals surface area contributed by atoms with Crippen molar-refractivity contribution in [3.63, 3.8) is 0 Å². The minimum Gasteiger partial charge on any atom is -0.508 e. The number of nitrogens with one attached hydrogen (secondary N) is 1. The zero-order valence-electron chi connectivity index (χ0n) is 12.3. The van der Waals surface area contributed by atoms with Crippen LogP contribution in [0.2, 0.25) is 0 Å². The van der Waals surface area contributed by atoms with E-state index in [1.165, 1.54) is 0 Å². The Hall–Kier alpha value is -2.49. The molecule has 0 heterocycles. The van der Waals surface area contributed by atoms with E-state index in [0.29, 0.717) is 5.56 Å². The average molecular weight is 284 g/mol. The first-order valence-electron chi connectivity index (χ1n) is 6.97. The highest BCUT2D eigenvalue weighted by molar-refractivity contribution is 5.93. The van der Waals surface area contributed by atoms with Crippen molar-refractivity contribution in [2.24, 2.45) is 5.73 Å². The number of primary amides is 1. The van der Waals surface area contributed by atoms with Gasteiger partial charge in [-0.3, -0.25) is 4.79 Å². The second-order valence-corrected chi connectivity index (χ2v) is 5.09. The molecule has 2 rings (SSSR count). The Labute approximate surface area is 124 Å². The predicted molar refractivity (Wildman–Crippen MR) is 84.5 cm³/mol. The average Bonchev–Trinajstić information content (AvgIpc) is 2.47. The van der Waals surface area contributed by atoms with Crippen molar-refractivity contribution in [1.29, 1.82) is 0 Å². The first-order chi connectivity index (χ1) is 10.0. The maximum absolute atomic E-state index is 11.2. The van der Waals surface area contributed by atoms with Gasteiger partial charge in [-0.15, -0.1) is 0 Å². The van der Waals surface area contributed by atoms with Gasteiger partial charge < -0.3 is 16.2 Å². The lowest BCUT2D eigenvalue weighted by atomic mass is 10.0. The summed E-state index contributed by atoms with van der Waals surface area (Å²) in [5.74, 6) is -0.161. The molecule has 0 fully saturated rings. The molecular formula is C17H20N2O2. The van der Waals surface area contributed by atoms with Crippen molar-refractivity contribution in [3.8, 4) is 5.75 Å². The molecule has 0 aliphatic heterocycles. The van der Waals surface area contributed by atoms with Crippen molar-refractivity contribution < 1.29 is 9.90 Å². The fraction of sp³-hybridized carbons (Fsp3) is 0.235. The number of aromatic hydroxyl groups is 1. The molecule has 4 nitrogen and oxygen atoms in total. The van der Waals surface area contributed by atoms with E-state index in [9.17, 15) is 9.90 Å². The van der Waals surface area contributed by atoms with Crippen LogP contribution in [-0.2, 0) is 0 Å². The number of hydrogen-bond donors (Lipinski definition) is 3. The summed E-state index contributed by atoms with van der Waals surface area (Å²) in [5.41, 5.74) is 8.85. The predicted octanol–water partition coefficient (Wildman–Crippen LogP) is 3.36. The van der Waals surface area contributed by atoms with E-state index >= 15 is 0 Å². The molecule has 0 saturated carbocycles. The Bertz CT molecular complexity index is 636. The number of carbonyl (C=O) groups is 1. The molecule has 0 bridgehead atoms. The fourth-order valence-electron chi connectivity index (χ4n) is 2.29. The maximum Gasteiger partial charge on any atom is 0.248 e. The Morgan fingerprint density at radius 2 is 1.90 bits per heavy atom. The van der Waals surface area contributed by atoms with Gasteiger partial charge >= 0.3 is 0 Å². The van der Waals surface area contributed by atoms with Crippen molar-refractivity contribution in [2.75, 3.05) is 5.32 Å². The van der Waals surface area contributed by atoms with Gasteiger partial charge in [0.15, 0.2) is 0 Å². The molecule has 0 spiro atoms. The Kier molecular flexibility index (Phi) is 4.48. The second kappa shape index (κ2) is 6.31. The van der Waals surface area contributed by atoms with Crippen LogP contribution in [0.25, 0.3) is 0 Å². The monoisotopic (exact) mass is 284 g/mol. The molecule has 0 aliphatic carbocycles. The van der Waals surface area contributed by atoms with Crippen LogP contribution in [0, 0.1) is 6.92 Å². The molecule has 110 valence electrons. The molecule has 21 heavy (non-hydrogen) atoms. The van der Waals surface area contributed by atoms with Crippen LogP contribution in [0.5, 0.6) is 5.75 Å². The number of carbonyl (C=O) groups excluding carboxylic acids is 1. The normalized spacial score (nSPS) is 11.9. The van der Waals surface area contributed by atoms with Crippen molar-refractivity contribution >= 4 is 11.6 Å². The van der Waals surface area contributed by atoms with Gasteiger partial charge in [-0.1, -0.05) is 19.1 Å². The molecule has 0 radical (unpaired) electrons. The molecular weight excluding hydrogens is 264 g/mol. The van der Waals surface area contributed by atoms with Gasteiger partial charge in [0.1, 0.15) is 5.75 Å². The molecule has 4 N–H and O–H groups in total. The Morgan fingerprint density at radius 3 is 2.43 bits per heavy atom. The minimum absolute atomic E-state index is 0.142. The number of anilines is 1. The lowest BCUT2D eigenvalue weighted by molar-refractivity contribution is 0.1000. The molecule has 1 amide bonds. The third kappa shape index (κ3) is 3.54. The number of rotatable bonds is 5. The third-order valence-corrected chi connectivity index (χ3v) is 3.54. The molecule has 0 saturated heterocycles. The lowest BCUT2D eigenvalue weighted by Gasteiger charge is -2.20. The first-order valence-corrected chi connectivity index (χ1v) is 6.97. The lowest BCUT2D eigenvalue weighted by Crippen LogP contribution is -2.13. The highest BCUT2D eigenvalue weighted by Crippen LogP contribution is 2.26. The number of amides is 1. The number of aryl methyl sites for hydroxylation is 1. The summed E-state index contributed by atoms with van der Waals surface area (Å²) in [4.78, 5) is 11.2. The van der Waals surface area contributed by atoms with Crippen molar-refractivity contribution in [1.82, 2.24) is 0 Å². The minimum atomic E-state index is -0.421. The molecule has 2 aromatic rings. The van der Waals surface area contributed by atoms with Crippen molar-refractivity contribution in [3.05, 3.63) is 59.2 Å². The van der Waals surface area contributed by atoms with Crippen LogP contribution in [0.3, 0.4) is 0 Å². The summed E-state index contributed by atoms with van der Waals surface area (Å²) in [6.45, 7) is 4.04. The van der Waals surface area contributed by atoms with Gasteiger partial charge in [0.25, 0.3) is 0 Å². The van der Waals surface area contributed by atoms with Gasteiger partial charge in [0, 0.05) is 11.3 Å². The highest BCUT2D eigenvalue weighted by atomic mass is 16.3. The Morgan fingerprint density at radius 1 is 1.24 bits per heavy atom. The SMILES string of the molecule is CCC(Nc1ccc(C(N)=O)cc1C)c1ccc(O)cc1. The summed E-state index contributed by atoms with van der Waals surface area (Å²) in [6.07, 6.45) is 0.905. The first kappa shape index (κ1) is 14.9. The molecule has 0 aromatic heterocycles. The third-order valence-electron chi connectivity index (χ3n) is 3.54. The summed E-state index contributed by atoms with van der Waals surface area (Å²) in [6, 6.07) is 12.7. The largest absolute Gasteiger partial charge is 0.508 e. The van der Waals surface area contributed by atoms with Gasteiger partial charge in [-0.2, -0.15) is 0 Å². The summed E-state index contributed by atoms with van der Waals surface area (Å²) in [5, 5.41) is 12.8. The van der Waals surface area contributed by atoms with E-state index in [2.05, 4.69) is 12.2 Å². The molecule has 0 aliphatic rings. The smallest absolute Gasteiger partial charge is 0.248 e. The zero-order valence-corrected chi connectivity index (χ0v) is 12.3. The van der Waals surface area contributed by atoms with E-state index in [-0.39, 0.29) is 11.8 Å². The van der Waals surface area contributed by atoms with E-state index in [1.807, 2.05) is 25.1 Å². The number of hydrogen-bond acceptors (Lipinski definition) is 3. The number of phenols is 1. The highest BCUT2D eigenvalue weighted by Gasteiger charge is 2.11. The van der Waals surface area contributed by atoms with Gasteiger partial charge in [-0.25, -0.2) is 0 Å². The van der Waals surface area contributed by atoms with Crippen molar-refractivity contribution in [2.45, 2.75) is 26.3 Å². The number of benzene rings is 2. The summed E-state index contributed by atoms with van der Waals surface area (Å²) < 4.78 is 0. The van der Waals surface area contributed by atoms with E-state index in [4.69, 9.17) is 5.73 Å². The molecule has 1 unspecified atom stereocenters. The summed E-state index contributed by atoms with van der Waals surface area (Å²) >= 11 is 0. The van der Waals surface area contributed by atoms with E-state index < -0.39 is 5.91 Å². The van der Waals surface area contributed by atoms with Crippen LogP contribution in [0.4, 0.5) is 5.69 Å². The standard InChI is InChI=1S/C17H20N2O2/c1-3-15(12-4-7-14(20)8-5-12)19-16-9-6-13(17(18)21)10-11(16)2/h4-10,15,19-20H,3H2,1-2H3,(H2,18,21). The molecule has 4 heteroatoms. The quantitative estimate of drug-likeness (QED) is 0.788. The van der Waals surface area contributed by atoms with E-state index in [1.54, 1.807) is 24.3 Å².